The third-order valence-corrected chi connectivity index (χ3v) is 4.57. The van der Waals surface area contributed by atoms with E-state index in [0.717, 1.165) is 5.56 Å². The Labute approximate surface area is 191 Å². The van der Waals surface area contributed by atoms with E-state index in [1.54, 1.807) is 48.5 Å². The lowest BCUT2D eigenvalue weighted by Gasteiger charge is -2.12. The number of methoxy groups -OCH3 is 2. The number of halogens is 1. The molecule has 0 bridgehead atoms. The second-order valence-electron chi connectivity index (χ2n) is 6.85. The van der Waals surface area contributed by atoms with Gasteiger partial charge in [-0.1, -0.05) is 12.1 Å². The zero-order valence-electron chi connectivity index (χ0n) is 18.6. The summed E-state index contributed by atoms with van der Waals surface area (Å²) in [6.07, 6.45) is 1.50. The van der Waals surface area contributed by atoms with Gasteiger partial charge in [-0.05, 0) is 60.5 Å². The van der Waals surface area contributed by atoms with Crippen molar-refractivity contribution in [2.75, 3.05) is 20.8 Å². The van der Waals surface area contributed by atoms with Crippen molar-refractivity contribution in [2.45, 2.75) is 13.5 Å². The van der Waals surface area contributed by atoms with E-state index in [9.17, 15) is 9.18 Å². The van der Waals surface area contributed by atoms with Gasteiger partial charge >= 0.3 is 0 Å². The van der Waals surface area contributed by atoms with E-state index in [-0.39, 0.29) is 12.4 Å². The van der Waals surface area contributed by atoms with Gasteiger partial charge in [-0.2, -0.15) is 5.10 Å². The Hall–Kier alpha value is -4.07. The molecule has 0 aromatic heterocycles. The number of nitrogens with one attached hydrogen (secondary N) is 1. The second kappa shape index (κ2) is 11.5. The molecular formula is C25H25FN2O5. The first kappa shape index (κ1) is 23.6. The molecule has 3 aromatic carbocycles. The Balaban J connectivity index is 1.67. The SMILES string of the molecule is CCOc1cc(/C=N\NC(=O)c2cc(OC)cc(OC)c2)ccc1OCc1ccc(F)cc1. The molecule has 0 spiro atoms. The maximum atomic E-state index is 13.1. The van der Waals surface area contributed by atoms with Crippen molar-refractivity contribution in [1.82, 2.24) is 5.43 Å². The van der Waals surface area contributed by atoms with Gasteiger partial charge in [0.15, 0.2) is 11.5 Å². The summed E-state index contributed by atoms with van der Waals surface area (Å²) < 4.78 is 34.9. The number of amides is 1. The maximum Gasteiger partial charge on any atom is 0.271 e. The first-order valence-electron chi connectivity index (χ1n) is 10.2. The van der Waals surface area contributed by atoms with Crippen LogP contribution in [-0.2, 0) is 6.61 Å². The van der Waals surface area contributed by atoms with Gasteiger partial charge in [0.05, 0.1) is 27.0 Å². The fourth-order valence-corrected chi connectivity index (χ4v) is 2.90. The van der Waals surface area contributed by atoms with Crippen LogP contribution in [0.1, 0.15) is 28.4 Å². The summed E-state index contributed by atoms with van der Waals surface area (Å²) in [5, 5.41) is 4.02. The molecule has 0 heterocycles. The van der Waals surface area contributed by atoms with Crippen LogP contribution in [0.5, 0.6) is 23.0 Å². The van der Waals surface area contributed by atoms with Gasteiger partial charge < -0.3 is 18.9 Å². The van der Waals surface area contributed by atoms with Crippen LogP contribution in [0, 0.1) is 5.82 Å². The van der Waals surface area contributed by atoms with Crippen LogP contribution < -0.4 is 24.4 Å². The fraction of sp³-hybridized carbons (Fsp3) is 0.200. The molecule has 0 aliphatic carbocycles. The van der Waals surface area contributed by atoms with E-state index >= 15 is 0 Å². The molecule has 0 atom stereocenters. The molecule has 172 valence electrons. The predicted octanol–water partition coefficient (Wildman–Crippen LogP) is 4.58. The molecule has 3 aromatic rings. The summed E-state index contributed by atoms with van der Waals surface area (Å²) in [6.45, 7) is 2.59. The molecule has 0 fully saturated rings. The third-order valence-electron chi connectivity index (χ3n) is 4.57. The summed E-state index contributed by atoms with van der Waals surface area (Å²) in [7, 11) is 3.02. The lowest BCUT2D eigenvalue weighted by molar-refractivity contribution is 0.0954. The summed E-state index contributed by atoms with van der Waals surface area (Å²) in [5.74, 6) is 1.38. The summed E-state index contributed by atoms with van der Waals surface area (Å²) in [5.41, 5.74) is 4.37. The van der Waals surface area contributed by atoms with Crippen molar-refractivity contribution < 1.29 is 28.1 Å². The molecule has 3 rings (SSSR count). The summed E-state index contributed by atoms with van der Waals surface area (Å²) in [4.78, 5) is 12.4. The number of carbonyl (C=O) groups excluding carboxylic acids is 1. The van der Waals surface area contributed by atoms with Crippen LogP contribution in [0.25, 0.3) is 0 Å². The topological polar surface area (TPSA) is 78.4 Å². The quantitative estimate of drug-likeness (QED) is 0.360. The Morgan fingerprint density at radius 2 is 1.64 bits per heavy atom. The number of carbonyl (C=O) groups is 1. The number of rotatable bonds is 10. The first-order valence-corrected chi connectivity index (χ1v) is 10.2. The van der Waals surface area contributed by atoms with Gasteiger partial charge in [0.25, 0.3) is 5.91 Å². The monoisotopic (exact) mass is 452 g/mol. The number of hydrogen-bond acceptors (Lipinski definition) is 6. The number of nitrogens with zero attached hydrogens (tertiary/aromatic N) is 1. The average Bonchev–Trinajstić information content (AvgIpc) is 2.84. The molecule has 7 nitrogen and oxygen atoms in total. The Morgan fingerprint density at radius 1 is 0.939 bits per heavy atom. The molecule has 0 saturated carbocycles. The highest BCUT2D eigenvalue weighted by atomic mass is 19.1. The van der Waals surface area contributed by atoms with Crippen molar-refractivity contribution in [1.29, 1.82) is 0 Å². The molecular weight excluding hydrogens is 427 g/mol. The molecule has 0 radical (unpaired) electrons. The minimum Gasteiger partial charge on any atom is -0.497 e. The Bertz CT molecular complexity index is 1090. The summed E-state index contributed by atoms with van der Waals surface area (Å²) in [6, 6.07) is 16.3. The van der Waals surface area contributed by atoms with Gasteiger partial charge in [-0.25, -0.2) is 9.82 Å². The number of benzene rings is 3. The van der Waals surface area contributed by atoms with Crippen LogP contribution in [0.2, 0.25) is 0 Å². The molecule has 0 aliphatic heterocycles. The largest absolute Gasteiger partial charge is 0.497 e. The Kier molecular flexibility index (Phi) is 8.24. The molecule has 1 N–H and O–H groups in total. The van der Waals surface area contributed by atoms with Crippen LogP contribution in [-0.4, -0.2) is 32.9 Å². The third kappa shape index (κ3) is 6.70. The minimum atomic E-state index is -0.410. The number of ether oxygens (including phenoxy) is 4. The highest BCUT2D eigenvalue weighted by molar-refractivity contribution is 5.95. The highest BCUT2D eigenvalue weighted by Gasteiger charge is 2.10. The number of hydrazone groups is 1. The molecule has 33 heavy (non-hydrogen) atoms. The van der Waals surface area contributed by atoms with Crippen LogP contribution in [0.15, 0.2) is 65.8 Å². The second-order valence-corrected chi connectivity index (χ2v) is 6.85. The van der Waals surface area contributed by atoms with E-state index in [2.05, 4.69) is 10.5 Å². The van der Waals surface area contributed by atoms with Crippen molar-refractivity contribution in [3.63, 3.8) is 0 Å². The van der Waals surface area contributed by atoms with Gasteiger partial charge in [0.2, 0.25) is 0 Å². The maximum absolute atomic E-state index is 13.1. The van der Waals surface area contributed by atoms with Gasteiger partial charge in [-0.15, -0.1) is 0 Å². The number of hydrogen-bond donors (Lipinski definition) is 1. The standard InChI is InChI=1S/C25H25FN2O5/c1-4-32-24-11-18(7-10-23(24)33-16-17-5-8-20(26)9-6-17)15-27-28-25(29)19-12-21(30-2)14-22(13-19)31-3/h5-15H,4,16H2,1-3H3,(H,28,29)/b27-15-. The van der Waals surface area contributed by atoms with Gasteiger partial charge in [0.1, 0.15) is 23.9 Å². The predicted molar refractivity (Wildman–Crippen MR) is 123 cm³/mol. The van der Waals surface area contributed by atoms with Crippen molar-refractivity contribution in [3.05, 3.63) is 83.2 Å². The molecule has 0 saturated heterocycles. The average molecular weight is 452 g/mol. The molecule has 0 unspecified atom stereocenters. The zero-order chi connectivity index (χ0) is 23.6. The smallest absolute Gasteiger partial charge is 0.271 e. The lowest BCUT2D eigenvalue weighted by Crippen LogP contribution is -2.17. The van der Waals surface area contributed by atoms with E-state index in [4.69, 9.17) is 18.9 Å². The van der Waals surface area contributed by atoms with Crippen molar-refractivity contribution in [2.24, 2.45) is 5.10 Å². The summed E-state index contributed by atoms with van der Waals surface area (Å²) >= 11 is 0. The minimum absolute atomic E-state index is 0.272. The van der Waals surface area contributed by atoms with E-state index < -0.39 is 5.91 Å². The molecule has 1 amide bonds. The zero-order valence-corrected chi connectivity index (χ0v) is 18.6. The molecule has 8 heteroatoms. The van der Waals surface area contributed by atoms with Crippen LogP contribution >= 0.6 is 0 Å². The lowest BCUT2D eigenvalue weighted by atomic mass is 10.2. The van der Waals surface area contributed by atoms with Crippen LogP contribution in [0.3, 0.4) is 0 Å². The van der Waals surface area contributed by atoms with E-state index in [0.29, 0.717) is 40.7 Å². The van der Waals surface area contributed by atoms with E-state index in [1.165, 1.54) is 32.6 Å². The first-order chi connectivity index (χ1) is 16.0. The van der Waals surface area contributed by atoms with Crippen molar-refractivity contribution in [3.8, 4) is 23.0 Å². The molecule has 0 aliphatic rings. The fourth-order valence-electron chi connectivity index (χ4n) is 2.90. The van der Waals surface area contributed by atoms with E-state index in [1.807, 2.05) is 6.92 Å². The highest BCUT2D eigenvalue weighted by Crippen LogP contribution is 2.29. The van der Waals surface area contributed by atoms with Crippen LogP contribution in [0.4, 0.5) is 4.39 Å². The van der Waals surface area contributed by atoms with Gasteiger partial charge in [0, 0.05) is 11.6 Å². The van der Waals surface area contributed by atoms with Gasteiger partial charge in [-0.3, -0.25) is 4.79 Å². The Morgan fingerprint density at radius 3 is 2.27 bits per heavy atom. The normalized spacial score (nSPS) is 10.7. The van der Waals surface area contributed by atoms with Crippen molar-refractivity contribution >= 4 is 12.1 Å².